The number of carbonyl (C=O) groups excluding carboxylic acids is 4. The van der Waals surface area contributed by atoms with E-state index in [1.807, 2.05) is 29.7 Å². The van der Waals surface area contributed by atoms with Gasteiger partial charge in [0.05, 0.1) is 49.0 Å². The number of hydrogen-bond acceptors (Lipinski definition) is 13. The second-order valence-electron chi connectivity index (χ2n) is 14.3. The van der Waals surface area contributed by atoms with Crippen LogP contribution in [-0.2, 0) is 27.9 Å². The largest absolute Gasteiger partial charge is 0.496 e. The van der Waals surface area contributed by atoms with Crippen molar-refractivity contribution in [1.82, 2.24) is 24.7 Å². The maximum absolute atomic E-state index is 13.1. The second kappa shape index (κ2) is 17.5. The third-order valence-corrected chi connectivity index (χ3v) is 10.7. The summed E-state index contributed by atoms with van der Waals surface area (Å²) in [6.07, 6.45) is 8.54. The Bertz CT molecular complexity index is 2340. The maximum Gasteiger partial charge on any atom is 0.262 e. The summed E-state index contributed by atoms with van der Waals surface area (Å²) in [5, 5.41) is 8.99. The van der Waals surface area contributed by atoms with Gasteiger partial charge in [0.2, 0.25) is 11.8 Å². The lowest BCUT2D eigenvalue weighted by Crippen LogP contribution is -2.79. The molecule has 4 amide bonds. The zero-order valence-corrected chi connectivity index (χ0v) is 32.5. The van der Waals surface area contributed by atoms with Gasteiger partial charge in [-0.25, -0.2) is 5.53 Å². The van der Waals surface area contributed by atoms with Crippen LogP contribution in [0.4, 0.5) is 0 Å². The number of amides is 4. The van der Waals surface area contributed by atoms with Gasteiger partial charge < -0.3 is 28.8 Å². The van der Waals surface area contributed by atoms with E-state index >= 15 is 0 Å². The van der Waals surface area contributed by atoms with Gasteiger partial charge in [-0.05, 0) is 66.6 Å². The number of fused-ring (bicyclic) bond motifs is 2. The quantitative estimate of drug-likeness (QED) is 0.0905. The highest BCUT2D eigenvalue weighted by Gasteiger charge is 2.44. The van der Waals surface area contributed by atoms with Crippen molar-refractivity contribution in [3.63, 3.8) is 0 Å². The number of aromatic nitrogens is 2. The first-order chi connectivity index (χ1) is 28.1. The van der Waals surface area contributed by atoms with Crippen LogP contribution in [0.25, 0.3) is 21.9 Å². The first-order valence-corrected chi connectivity index (χ1v) is 19.0. The highest BCUT2D eigenvalue weighted by molar-refractivity contribution is 6.23. The van der Waals surface area contributed by atoms with Crippen molar-refractivity contribution in [2.24, 2.45) is 12.2 Å². The van der Waals surface area contributed by atoms with E-state index in [1.165, 1.54) is 12.1 Å². The molecule has 0 bridgehead atoms. The number of ether oxygens (including phenoxy) is 4. The van der Waals surface area contributed by atoms with Gasteiger partial charge in [-0.2, -0.15) is 5.11 Å². The van der Waals surface area contributed by atoms with Crippen LogP contribution in [0.1, 0.15) is 52.0 Å². The molecular weight excluding hydrogens is 748 g/mol. The van der Waals surface area contributed by atoms with Crippen molar-refractivity contribution in [2.75, 3.05) is 47.1 Å². The molecular formula is C41H45N8O9+. The number of quaternary nitrogens is 1. The maximum atomic E-state index is 13.1. The summed E-state index contributed by atoms with van der Waals surface area (Å²) in [5.74, 6) is -0.490. The van der Waals surface area contributed by atoms with E-state index in [0.29, 0.717) is 41.4 Å². The smallest absolute Gasteiger partial charge is 0.262 e. The van der Waals surface area contributed by atoms with Crippen molar-refractivity contribution in [3.8, 4) is 28.4 Å². The SMILES string of the molecule is COc1cc(-c2cn(C)c(=O)c3cnccc23)cc(OC)c1CN1CCC(OC/C(=C/[NH2+]CCOc2ccc3c(c2)C(=O)N(C2CCC(=O)NC2=O)C3=O)N=N)CC1. The van der Waals surface area contributed by atoms with Crippen molar-refractivity contribution in [1.29, 1.82) is 5.53 Å². The highest BCUT2D eigenvalue weighted by Crippen LogP contribution is 2.38. The number of methoxy groups -OCH3 is 2. The Labute approximate surface area is 333 Å². The Hall–Kier alpha value is -6.30. The normalized spacial score (nSPS) is 17.7. The standard InChI is InChI=1S/C41H44N8O9/c1-47-21-32(28-8-11-43-20-31(28)39(47)52)24-16-35(55-2)33(36(17-24)56-3)22-48-13-9-26(10-14-48)58-23-25(46-42)19-44-12-15-57-27-4-5-29-30(18-27)41(54)49(40(29)53)34-6-7-37(50)45-38(34)51/h4-5,8,11,16-21,26,34,42,44H,6-7,9-10,12-15,22-23H2,1-3H3,(H,45,50,51)/p+1/b25-19-,46-42?. The van der Waals surface area contributed by atoms with E-state index < -0.39 is 29.7 Å². The first kappa shape index (κ1) is 39.9. The molecule has 7 rings (SSSR count). The van der Waals surface area contributed by atoms with Gasteiger partial charge in [0.25, 0.3) is 17.4 Å². The summed E-state index contributed by atoms with van der Waals surface area (Å²) in [6.45, 7) is 3.12. The number of nitrogens with zero attached hydrogens (tertiary/aromatic N) is 5. The van der Waals surface area contributed by atoms with Crippen molar-refractivity contribution >= 4 is 34.4 Å². The number of nitrogens with one attached hydrogen (secondary N) is 2. The Morgan fingerprint density at radius 1 is 0.966 bits per heavy atom. The molecule has 4 N–H and O–H groups in total. The van der Waals surface area contributed by atoms with Crippen LogP contribution in [0.15, 0.2) is 76.8 Å². The molecule has 58 heavy (non-hydrogen) atoms. The molecule has 302 valence electrons. The molecule has 5 heterocycles. The van der Waals surface area contributed by atoms with Crippen molar-refractivity contribution in [3.05, 3.63) is 93.9 Å². The van der Waals surface area contributed by atoms with E-state index in [2.05, 4.69) is 20.3 Å². The molecule has 3 aliphatic rings. The van der Waals surface area contributed by atoms with Gasteiger partial charge >= 0.3 is 0 Å². The van der Waals surface area contributed by atoms with Crippen LogP contribution < -0.4 is 30.4 Å². The zero-order valence-electron chi connectivity index (χ0n) is 32.5. The van der Waals surface area contributed by atoms with Crippen LogP contribution in [-0.4, -0.2) is 102 Å². The van der Waals surface area contributed by atoms with Gasteiger partial charge in [-0.15, -0.1) is 0 Å². The molecule has 2 aromatic heterocycles. The number of benzene rings is 2. The predicted octanol–water partition coefficient (Wildman–Crippen LogP) is 2.51. The van der Waals surface area contributed by atoms with Crippen LogP contribution in [0.3, 0.4) is 0 Å². The Balaban J connectivity index is 0.877. The van der Waals surface area contributed by atoms with Crippen LogP contribution in [0.2, 0.25) is 0 Å². The van der Waals surface area contributed by atoms with E-state index in [0.717, 1.165) is 52.9 Å². The fraction of sp³-hybridized carbons (Fsp3) is 0.366. The molecule has 2 aromatic carbocycles. The average Bonchev–Trinajstić information content (AvgIpc) is 3.48. The molecule has 17 nitrogen and oxygen atoms in total. The van der Waals surface area contributed by atoms with Crippen LogP contribution in [0, 0.1) is 5.53 Å². The Kier molecular flexibility index (Phi) is 12.0. The third kappa shape index (κ3) is 8.23. The molecule has 0 saturated carbocycles. The number of imide groups is 2. The number of aryl methyl sites for hydroxylation is 1. The average molecular weight is 794 g/mol. The molecule has 1 unspecified atom stereocenters. The lowest BCUT2D eigenvalue weighted by atomic mass is 9.98. The lowest BCUT2D eigenvalue weighted by molar-refractivity contribution is -0.589. The number of piperidine rings is 2. The summed E-state index contributed by atoms with van der Waals surface area (Å²) in [7, 11) is 5.00. The third-order valence-electron chi connectivity index (χ3n) is 10.7. The van der Waals surface area contributed by atoms with Crippen LogP contribution >= 0.6 is 0 Å². The molecule has 17 heteroatoms. The zero-order chi connectivity index (χ0) is 40.9. The Morgan fingerprint density at radius 2 is 1.71 bits per heavy atom. The number of carbonyl (C=O) groups is 4. The molecule has 4 aromatic rings. The molecule has 1 atom stereocenters. The number of nitrogens with two attached hydrogens (primary N) is 1. The molecule has 3 aliphatic heterocycles. The van der Waals surface area contributed by atoms with Crippen molar-refractivity contribution < 1.29 is 43.4 Å². The van der Waals surface area contributed by atoms with Gasteiger partial charge in [-0.1, -0.05) is 0 Å². The number of hydrogen-bond donors (Lipinski definition) is 3. The molecule has 0 aliphatic carbocycles. The first-order valence-electron chi connectivity index (χ1n) is 19.0. The van der Waals surface area contributed by atoms with Crippen molar-refractivity contribution in [2.45, 2.75) is 44.4 Å². The molecule has 2 fully saturated rings. The van der Waals surface area contributed by atoms with Gasteiger partial charge in [0.1, 0.15) is 48.3 Å². The number of likely N-dealkylation sites (tertiary alicyclic amines) is 1. The van der Waals surface area contributed by atoms with Gasteiger partial charge in [-0.3, -0.25) is 44.1 Å². The van der Waals surface area contributed by atoms with E-state index in [9.17, 15) is 24.0 Å². The minimum atomic E-state index is -1.03. The molecule has 2 saturated heterocycles. The Morgan fingerprint density at radius 3 is 2.41 bits per heavy atom. The van der Waals surface area contributed by atoms with E-state index in [4.69, 9.17) is 24.5 Å². The minimum Gasteiger partial charge on any atom is -0.496 e. The molecule has 0 spiro atoms. The van der Waals surface area contributed by atoms with E-state index in [1.54, 1.807) is 50.5 Å². The van der Waals surface area contributed by atoms with Gasteiger partial charge in [0.15, 0.2) is 0 Å². The molecule has 0 radical (unpaired) electrons. The summed E-state index contributed by atoms with van der Waals surface area (Å²) >= 11 is 0. The minimum absolute atomic E-state index is 0.00344. The summed E-state index contributed by atoms with van der Waals surface area (Å²) in [5.41, 5.74) is 11.0. The van der Waals surface area contributed by atoms with E-state index in [-0.39, 0.29) is 48.8 Å². The number of rotatable bonds is 15. The fourth-order valence-corrected chi connectivity index (χ4v) is 7.62. The summed E-state index contributed by atoms with van der Waals surface area (Å²) in [6, 6.07) is 9.35. The van der Waals surface area contributed by atoms with Crippen LogP contribution in [0.5, 0.6) is 17.2 Å². The lowest BCUT2D eigenvalue weighted by Gasteiger charge is -2.32. The summed E-state index contributed by atoms with van der Waals surface area (Å²) < 4.78 is 25.3. The van der Waals surface area contributed by atoms with Gasteiger partial charge in [0, 0.05) is 57.3 Å². The highest BCUT2D eigenvalue weighted by atomic mass is 16.5. The topological polar surface area (TPSA) is 211 Å². The fourth-order valence-electron chi connectivity index (χ4n) is 7.62. The summed E-state index contributed by atoms with van der Waals surface area (Å²) in [4.78, 5) is 70.0. The second-order valence-corrected chi connectivity index (χ2v) is 14.3. The predicted molar refractivity (Wildman–Crippen MR) is 208 cm³/mol. The number of pyridine rings is 2. The monoisotopic (exact) mass is 793 g/mol.